The second kappa shape index (κ2) is 6.12. The van der Waals surface area contributed by atoms with E-state index in [1.54, 1.807) is 11.4 Å². The van der Waals surface area contributed by atoms with E-state index in [0.717, 1.165) is 37.9 Å². The number of nitrogens with zero attached hydrogens (tertiary/aromatic N) is 5. The molecule has 1 aliphatic heterocycles. The van der Waals surface area contributed by atoms with Gasteiger partial charge in [-0.15, -0.1) is 5.10 Å². The fourth-order valence-electron chi connectivity index (χ4n) is 3.08. The highest BCUT2D eigenvalue weighted by molar-refractivity contribution is 6.04. The van der Waals surface area contributed by atoms with E-state index in [2.05, 4.69) is 25.3 Å². The maximum Gasteiger partial charge on any atom is 0.276 e. The molecule has 0 atom stereocenters. The Hall–Kier alpha value is -3.03. The monoisotopic (exact) mass is 340 g/mol. The van der Waals surface area contributed by atoms with Crippen LogP contribution in [0.1, 0.15) is 29.0 Å². The molecule has 7 nitrogen and oxygen atoms in total. The van der Waals surface area contributed by atoms with Gasteiger partial charge in [0, 0.05) is 19.2 Å². The average Bonchev–Trinajstić information content (AvgIpc) is 3.20. The third kappa shape index (κ3) is 2.90. The summed E-state index contributed by atoms with van der Waals surface area (Å²) < 4.78 is 14.8. The van der Waals surface area contributed by atoms with Crippen molar-refractivity contribution in [2.24, 2.45) is 0 Å². The molecule has 0 spiro atoms. The number of hydrogen-bond acceptors (Lipinski definition) is 5. The number of fused-ring (bicyclic) bond motifs is 1. The van der Waals surface area contributed by atoms with E-state index >= 15 is 0 Å². The van der Waals surface area contributed by atoms with Crippen LogP contribution in [0.15, 0.2) is 30.6 Å². The first kappa shape index (κ1) is 15.5. The SMILES string of the molecule is Cc1nc2ccc(N3CCCC3)nn2c1C(=O)Nc1cncc(F)c1. The van der Waals surface area contributed by atoms with Crippen LogP contribution in [0, 0.1) is 12.7 Å². The van der Waals surface area contributed by atoms with Crippen LogP contribution in [-0.2, 0) is 0 Å². The smallest absolute Gasteiger partial charge is 0.276 e. The van der Waals surface area contributed by atoms with E-state index in [-0.39, 0.29) is 5.69 Å². The van der Waals surface area contributed by atoms with E-state index in [1.165, 1.54) is 12.3 Å². The van der Waals surface area contributed by atoms with E-state index < -0.39 is 11.7 Å². The Kier molecular flexibility index (Phi) is 3.79. The van der Waals surface area contributed by atoms with Crippen LogP contribution < -0.4 is 10.2 Å². The highest BCUT2D eigenvalue weighted by atomic mass is 19.1. The van der Waals surface area contributed by atoms with Crippen LogP contribution in [0.25, 0.3) is 5.65 Å². The van der Waals surface area contributed by atoms with Gasteiger partial charge in [0.2, 0.25) is 0 Å². The summed E-state index contributed by atoms with van der Waals surface area (Å²) in [5.41, 5.74) is 1.78. The lowest BCUT2D eigenvalue weighted by Gasteiger charge is -2.16. The van der Waals surface area contributed by atoms with Gasteiger partial charge in [-0.1, -0.05) is 0 Å². The zero-order valence-electron chi connectivity index (χ0n) is 13.7. The van der Waals surface area contributed by atoms with Gasteiger partial charge in [0.1, 0.15) is 11.6 Å². The van der Waals surface area contributed by atoms with Gasteiger partial charge in [-0.3, -0.25) is 9.78 Å². The Morgan fingerprint density at radius 3 is 2.80 bits per heavy atom. The Bertz CT molecular complexity index is 947. The zero-order valence-corrected chi connectivity index (χ0v) is 13.7. The van der Waals surface area contributed by atoms with Crippen LogP contribution in [0.4, 0.5) is 15.9 Å². The fraction of sp³-hybridized carbons (Fsp3) is 0.294. The molecule has 0 aromatic carbocycles. The molecule has 8 heteroatoms. The molecule has 0 radical (unpaired) electrons. The number of halogens is 1. The minimum absolute atomic E-state index is 0.287. The summed E-state index contributed by atoms with van der Waals surface area (Å²) >= 11 is 0. The topological polar surface area (TPSA) is 75.4 Å². The van der Waals surface area contributed by atoms with E-state index in [0.29, 0.717) is 17.0 Å². The molecular weight excluding hydrogens is 323 g/mol. The first-order valence-corrected chi connectivity index (χ1v) is 8.15. The predicted octanol–water partition coefficient (Wildman–Crippen LogP) is 2.42. The standard InChI is InChI=1S/C17H17FN6O/c1-11-16(17(25)21-13-8-12(18)9-19-10-13)24-14(20-11)4-5-15(22-24)23-6-2-3-7-23/h4-5,8-10H,2-3,6-7H2,1H3,(H,21,25). The summed E-state index contributed by atoms with van der Waals surface area (Å²) in [6.07, 6.45) is 4.76. The quantitative estimate of drug-likeness (QED) is 0.792. The highest BCUT2D eigenvalue weighted by Gasteiger charge is 2.20. The molecule has 0 aliphatic carbocycles. The van der Waals surface area contributed by atoms with Crippen molar-refractivity contribution in [2.45, 2.75) is 19.8 Å². The number of hydrogen-bond donors (Lipinski definition) is 1. The largest absolute Gasteiger partial charge is 0.355 e. The van der Waals surface area contributed by atoms with Crippen LogP contribution in [-0.4, -0.2) is 38.6 Å². The minimum Gasteiger partial charge on any atom is -0.355 e. The molecule has 1 amide bonds. The van der Waals surface area contributed by atoms with Gasteiger partial charge in [0.05, 0.1) is 23.8 Å². The van der Waals surface area contributed by atoms with Gasteiger partial charge < -0.3 is 10.2 Å². The summed E-state index contributed by atoms with van der Waals surface area (Å²) in [5.74, 6) is -0.0885. The molecule has 1 saturated heterocycles. The average molecular weight is 340 g/mol. The van der Waals surface area contributed by atoms with Gasteiger partial charge in [0.15, 0.2) is 11.3 Å². The van der Waals surface area contributed by atoms with Crippen molar-refractivity contribution in [3.8, 4) is 0 Å². The minimum atomic E-state index is -0.512. The molecule has 1 N–H and O–H groups in total. The zero-order chi connectivity index (χ0) is 17.4. The summed E-state index contributed by atoms with van der Waals surface area (Å²) in [5, 5.41) is 7.24. The summed E-state index contributed by atoms with van der Waals surface area (Å²) in [4.78, 5) is 23.0. The Morgan fingerprint density at radius 2 is 2.04 bits per heavy atom. The van der Waals surface area contributed by atoms with Crippen LogP contribution in [0.3, 0.4) is 0 Å². The predicted molar refractivity (Wildman–Crippen MR) is 91.3 cm³/mol. The number of pyridine rings is 1. The number of aromatic nitrogens is 4. The van der Waals surface area contributed by atoms with E-state index in [1.807, 2.05) is 12.1 Å². The van der Waals surface area contributed by atoms with Crippen molar-refractivity contribution in [1.29, 1.82) is 0 Å². The molecule has 0 saturated carbocycles. The molecule has 1 fully saturated rings. The molecule has 3 aromatic rings. The summed E-state index contributed by atoms with van der Waals surface area (Å²) in [7, 11) is 0. The maximum atomic E-state index is 13.3. The fourth-order valence-corrected chi connectivity index (χ4v) is 3.08. The molecule has 0 bridgehead atoms. The number of carbonyl (C=O) groups excluding carboxylic acids is 1. The van der Waals surface area contributed by atoms with Crippen molar-refractivity contribution >= 4 is 23.1 Å². The number of amides is 1. The van der Waals surface area contributed by atoms with Crippen molar-refractivity contribution < 1.29 is 9.18 Å². The van der Waals surface area contributed by atoms with Crippen molar-refractivity contribution in [3.63, 3.8) is 0 Å². The second-order valence-electron chi connectivity index (χ2n) is 6.05. The molecular formula is C17H17FN6O. The number of anilines is 2. The van der Waals surface area contributed by atoms with Crippen molar-refractivity contribution in [2.75, 3.05) is 23.3 Å². The second-order valence-corrected chi connectivity index (χ2v) is 6.05. The molecule has 4 rings (SSSR count). The summed E-state index contributed by atoms with van der Waals surface area (Å²) in [6, 6.07) is 4.99. The van der Waals surface area contributed by atoms with Crippen molar-refractivity contribution in [3.05, 3.63) is 47.8 Å². The first-order valence-electron chi connectivity index (χ1n) is 8.15. The number of imidazole rings is 1. The highest BCUT2D eigenvalue weighted by Crippen LogP contribution is 2.20. The van der Waals surface area contributed by atoms with Gasteiger partial charge >= 0.3 is 0 Å². The van der Waals surface area contributed by atoms with Gasteiger partial charge in [-0.2, -0.15) is 0 Å². The maximum absolute atomic E-state index is 13.3. The molecule has 25 heavy (non-hydrogen) atoms. The Morgan fingerprint density at radius 1 is 1.24 bits per heavy atom. The Balaban J connectivity index is 1.71. The Labute approximate surface area is 143 Å². The van der Waals surface area contributed by atoms with Crippen LogP contribution >= 0.6 is 0 Å². The third-order valence-electron chi connectivity index (χ3n) is 4.25. The number of rotatable bonds is 3. The van der Waals surface area contributed by atoms with Gasteiger partial charge in [-0.25, -0.2) is 13.9 Å². The van der Waals surface area contributed by atoms with Crippen LogP contribution in [0.2, 0.25) is 0 Å². The molecule has 4 heterocycles. The number of carbonyl (C=O) groups is 1. The van der Waals surface area contributed by atoms with Crippen LogP contribution in [0.5, 0.6) is 0 Å². The normalized spacial score (nSPS) is 14.2. The lowest BCUT2D eigenvalue weighted by atomic mass is 10.3. The van der Waals surface area contributed by atoms with E-state index in [4.69, 9.17) is 0 Å². The molecule has 3 aromatic heterocycles. The number of aryl methyl sites for hydroxylation is 1. The number of nitrogens with one attached hydrogen (secondary N) is 1. The van der Waals surface area contributed by atoms with E-state index in [9.17, 15) is 9.18 Å². The molecule has 128 valence electrons. The van der Waals surface area contributed by atoms with Gasteiger partial charge in [-0.05, 0) is 31.9 Å². The molecule has 0 unspecified atom stereocenters. The first-order chi connectivity index (χ1) is 12.1. The lowest BCUT2D eigenvalue weighted by molar-refractivity contribution is 0.101. The van der Waals surface area contributed by atoms with Gasteiger partial charge in [0.25, 0.3) is 5.91 Å². The third-order valence-corrected chi connectivity index (χ3v) is 4.25. The van der Waals surface area contributed by atoms with Crippen molar-refractivity contribution in [1.82, 2.24) is 19.6 Å². The lowest BCUT2D eigenvalue weighted by Crippen LogP contribution is -2.21. The summed E-state index contributed by atoms with van der Waals surface area (Å²) in [6.45, 7) is 3.67. The molecule has 1 aliphatic rings.